The van der Waals surface area contributed by atoms with Gasteiger partial charge in [-0.25, -0.2) is 0 Å². The third-order valence-corrected chi connectivity index (χ3v) is 7.47. The lowest BCUT2D eigenvalue weighted by molar-refractivity contribution is -0.136. The summed E-state index contributed by atoms with van der Waals surface area (Å²) in [5.41, 5.74) is 0.767. The number of nitrogens with zero attached hydrogens (tertiary/aromatic N) is 1. The predicted octanol–water partition coefficient (Wildman–Crippen LogP) is 4.04. The van der Waals surface area contributed by atoms with Gasteiger partial charge in [-0.3, -0.25) is 9.59 Å². The Bertz CT molecular complexity index is 715. The van der Waals surface area contributed by atoms with Gasteiger partial charge in [-0.15, -0.1) is 0 Å². The Hall–Kier alpha value is -1.84. The molecule has 1 saturated heterocycles. The van der Waals surface area contributed by atoms with E-state index in [0.717, 1.165) is 50.6 Å². The average Bonchev–Trinajstić information content (AvgIpc) is 3.42. The monoisotopic (exact) mass is 382 g/mol. The molecular formula is C24H34N2O2. The van der Waals surface area contributed by atoms with Crippen molar-refractivity contribution in [3.8, 4) is 0 Å². The van der Waals surface area contributed by atoms with Crippen LogP contribution in [0.4, 0.5) is 0 Å². The van der Waals surface area contributed by atoms with Crippen LogP contribution in [0.25, 0.3) is 0 Å². The van der Waals surface area contributed by atoms with E-state index in [1.54, 1.807) is 0 Å². The maximum Gasteiger partial charge on any atom is 0.233 e. The second-order valence-electron chi connectivity index (χ2n) is 9.63. The van der Waals surface area contributed by atoms with Crippen LogP contribution in [0.2, 0.25) is 0 Å². The van der Waals surface area contributed by atoms with Crippen LogP contribution in [0.3, 0.4) is 0 Å². The number of likely N-dealkylation sites (tertiary alicyclic amines) is 1. The second kappa shape index (κ2) is 7.53. The molecule has 1 N–H and O–H groups in total. The van der Waals surface area contributed by atoms with Gasteiger partial charge in [0.15, 0.2) is 0 Å². The minimum absolute atomic E-state index is 0.00881. The molecule has 1 atom stereocenters. The first-order valence-electron chi connectivity index (χ1n) is 11.1. The molecule has 1 aromatic carbocycles. The van der Waals surface area contributed by atoms with E-state index in [0.29, 0.717) is 6.54 Å². The zero-order valence-electron chi connectivity index (χ0n) is 17.4. The molecule has 152 valence electrons. The van der Waals surface area contributed by atoms with Crippen molar-refractivity contribution in [1.82, 2.24) is 10.2 Å². The van der Waals surface area contributed by atoms with Gasteiger partial charge in [-0.1, -0.05) is 56.0 Å². The topological polar surface area (TPSA) is 49.4 Å². The molecule has 2 amide bonds. The molecule has 1 unspecified atom stereocenters. The fraction of sp³-hybridized carbons (Fsp3) is 0.667. The lowest BCUT2D eigenvalue weighted by atomic mass is 9.76. The van der Waals surface area contributed by atoms with Crippen LogP contribution in [0.5, 0.6) is 0 Å². The number of nitrogens with one attached hydrogen (secondary N) is 1. The molecule has 0 radical (unpaired) electrons. The summed E-state index contributed by atoms with van der Waals surface area (Å²) in [6.45, 7) is 5.38. The molecule has 3 fully saturated rings. The van der Waals surface area contributed by atoms with Gasteiger partial charge in [-0.2, -0.15) is 0 Å². The van der Waals surface area contributed by atoms with Crippen LogP contribution >= 0.6 is 0 Å². The third kappa shape index (κ3) is 3.25. The predicted molar refractivity (Wildman–Crippen MR) is 111 cm³/mol. The van der Waals surface area contributed by atoms with Crippen LogP contribution in [-0.2, 0) is 15.0 Å². The van der Waals surface area contributed by atoms with E-state index in [1.165, 1.54) is 12.8 Å². The molecular weight excluding hydrogens is 348 g/mol. The molecule has 1 spiro atoms. The van der Waals surface area contributed by atoms with Crippen LogP contribution in [0, 0.1) is 11.3 Å². The van der Waals surface area contributed by atoms with Gasteiger partial charge < -0.3 is 10.2 Å². The Morgan fingerprint density at radius 2 is 1.61 bits per heavy atom. The number of carbonyl (C=O) groups is 2. The third-order valence-electron chi connectivity index (χ3n) is 7.47. The van der Waals surface area contributed by atoms with Gasteiger partial charge in [0, 0.05) is 24.5 Å². The molecule has 4 nitrogen and oxygen atoms in total. The van der Waals surface area contributed by atoms with E-state index in [-0.39, 0.29) is 34.6 Å². The highest BCUT2D eigenvalue weighted by Gasteiger charge is 2.55. The maximum atomic E-state index is 13.9. The summed E-state index contributed by atoms with van der Waals surface area (Å²) in [6, 6.07) is 10.5. The molecule has 1 heterocycles. The summed E-state index contributed by atoms with van der Waals surface area (Å²) < 4.78 is 0. The van der Waals surface area contributed by atoms with Crippen molar-refractivity contribution >= 4 is 11.8 Å². The second-order valence-corrected chi connectivity index (χ2v) is 9.63. The standard InChI is InChI=1S/C24H34N2O2/c1-18(2)25-21(27)20-16-26(17-23(20)12-6-7-13-23)22(28)24(14-8-9-15-24)19-10-4-3-5-11-19/h3-5,10-11,18,20H,6-9,12-17H2,1-2H3,(H,25,27). The number of amides is 2. The molecule has 4 rings (SSSR count). The summed E-state index contributed by atoms with van der Waals surface area (Å²) in [6.07, 6.45) is 8.59. The summed E-state index contributed by atoms with van der Waals surface area (Å²) in [5, 5.41) is 3.13. The lowest BCUT2D eigenvalue weighted by Crippen LogP contribution is -2.45. The first-order chi connectivity index (χ1) is 13.5. The van der Waals surface area contributed by atoms with Crippen LogP contribution < -0.4 is 5.32 Å². The van der Waals surface area contributed by atoms with Crippen molar-refractivity contribution in [2.45, 2.75) is 76.7 Å². The number of carbonyl (C=O) groups excluding carboxylic acids is 2. The number of hydrogen-bond acceptors (Lipinski definition) is 2. The van der Waals surface area contributed by atoms with Gasteiger partial charge in [0.05, 0.1) is 11.3 Å². The molecule has 28 heavy (non-hydrogen) atoms. The van der Waals surface area contributed by atoms with Gasteiger partial charge in [-0.05, 0) is 45.1 Å². The maximum absolute atomic E-state index is 13.9. The fourth-order valence-electron chi connectivity index (χ4n) is 6.12. The van der Waals surface area contributed by atoms with Crippen molar-refractivity contribution < 1.29 is 9.59 Å². The Morgan fingerprint density at radius 1 is 1.00 bits per heavy atom. The van der Waals surface area contributed by atoms with E-state index < -0.39 is 0 Å². The molecule has 3 aliphatic rings. The molecule has 2 saturated carbocycles. The molecule has 2 aliphatic carbocycles. The first-order valence-corrected chi connectivity index (χ1v) is 11.1. The Balaban J connectivity index is 1.62. The molecule has 1 aliphatic heterocycles. The van der Waals surface area contributed by atoms with Gasteiger partial charge in [0.25, 0.3) is 0 Å². The van der Waals surface area contributed by atoms with Crippen molar-refractivity contribution in [3.63, 3.8) is 0 Å². The first kappa shape index (κ1) is 19.5. The molecule has 4 heteroatoms. The molecule has 0 aromatic heterocycles. The van der Waals surface area contributed by atoms with E-state index in [4.69, 9.17) is 0 Å². The van der Waals surface area contributed by atoms with Gasteiger partial charge in [0.1, 0.15) is 0 Å². The van der Waals surface area contributed by atoms with E-state index in [9.17, 15) is 9.59 Å². The summed E-state index contributed by atoms with van der Waals surface area (Å²) in [4.78, 5) is 29.0. The Morgan fingerprint density at radius 3 is 2.21 bits per heavy atom. The van der Waals surface area contributed by atoms with Crippen LogP contribution in [-0.4, -0.2) is 35.8 Å². The van der Waals surface area contributed by atoms with Gasteiger partial charge in [0.2, 0.25) is 11.8 Å². The number of rotatable bonds is 4. The Kier molecular flexibility index (Phi) is 5.24. The van der Waals surface area contributed by atoms with Crippen molar-refractivity contribution in [2.24, 2.45) is 11.3 Å². The quantitative estimate of drug-likeness (QED) is 0.854. The summed E-state index contributed by atoms with van der Waals surface area (Å²) in [5.74, 6) is 0.352. The smallest absolute Gasteiger partial charge is 0.233 e. The zero-order valence-corrected chi connectivity index (χ0v) is 17.4. The highest BCUT2D eigenvalue weighted by molar-refractivity contribution is 5.90. The SMILES string of the molecule is CC(C)NC(=O)C1CN(C(=O)C2(c3ccccc3)CCCC2)CC12CCCC2. The van der Waals surface area contributed by atoms with Crippen molar-refractivity contribution in [3.05, 3.63) is 35.9 Å². The van der Waals surface area contributed by atoms with E-state index in [2.05, 4.69) is 22.3 Å². The largest absolute Gasteiger partial charge is 0.354 e. The zero-order chi connectivity index (χ0) is 19.8. The minimum Gasteiger partial charge on any atom is -0.354 e. The van der Waals surface area contributed by atoms with Crippen LogP contribution in [0.15, 0.2) is 30.3 Å². The van der Waals surface area contributed by atoms with E-state index in [1.807, 2.05) is 32.0 Å². The van der Waals surface area contributed by atoms with Crippen molar-refractivity contribution in [2.75, 3.05) is 13.1 Å². The van der Waals surface area contributed by atoms with E-state index >= 15 is 0 Å². The summed E-state index contributed by atoms with van der Waals surface area (Å²) in [7, 11) is 0. The normalized spacial score (nSPS) is 25.5. The number of hydrogen-bond donors (Lipinski definition) is 1. The van der Waals surface area contributed by atoms with Crippen LogP contribution in [0.1, 0.15) is 70.8 Å². The summed E-state index contributed by atoms with van der Waals surface area (Å²) >= 11 is 0. The van der Waals surface area contributed by atoms with Crippen molar-refractivity contribution in [1.29, 1.82) is 0 Å². The van der Waals surface area contributed by atoms with Gasteiger partial charge >= 0.3 is 0 Å². The highest BCUT2D eigenvalue weighted by Crippen LogP contribution is 2.51. The highest BCUT2D eigenvalue weighted by atomic mass is 16.2. The number of benzene rings is 1. The molecule has 0 bridgehead atoms. The Labute approximate surface area is 169 Å². The fourth-order valence-corrected chi connectivity index (χ4v) is 6.12. The minimum atomic E-state index is -0.384. The lowest BCUT2D eigenvalue weighted by Gasteiger charge is -2.34. The molecule has 1 aromatic rings. The average molecular weight is 383 g/mol.